The Morgan fingerprint density at radius 3 is 2.50 bits per heavy atom. The van der Waals surface area contributed by atoms with Crippen LogP contribution in [0.25, 0.3) is 0 Å². The molecule has 0 aliphatic carbocycles. The first kappa shape index (κ1) is 26.8. The summed E-state index contributed by atoms with van der Waals surface area (Å²) in [5.41, 5.74) is 2.15. The van der Waals surface area contributed by atoms with Gasteiger partial charge in [-0.3, -0.25) is 4.79 Å². The SMILES string of the molecule is [CH2]C(CCN1CCC(N2CCCN(CC(=O)NCc3ccccc3)C2=O)CC1)c1ccc(Cl)c(Cl)c1. The van der Waals surface area contributed by atoms with E-state index in [-0.39, 0.29) is 30.4 Å². The van der Waals surface area contributed by atoms with E-state index in [2.05, 4.69) is 17.1 Å². The lowest BCUT2D eigenvalue weighted by atomic mass is 9.96. The highest BCUT2D eigenvalue weighted by Gasteiger charge is 2.33. The van der Waals surface area contributed by atoms with Gasteiger partial charge in [0.15, 0.2) is 0 Å². The Morgan fingerprint density at radius 1 is 1.03 bits per heavy atom. The molecule has 2 aromatic carbocycles. The number of nitrogens with zero attached hydrogens (tertiary/aromatic N) is 3. The van der Waals surface area contributed by atoms with Gasteiger partial charge in [-0.2, -0.15) is 0 Å². The fourth-order valence-corrected chi connectivity index (χ4v) is 5.35. The maximum absolute atomic E-state index is 13.2. The van der Waals surface area contributed by atoms with Crippen molar-refractivity contribution in [3.8, 4) is 0 Å². The average molecular weight is 531 g/mol. The minimum Gasteiger partial charge on any atom is -0.350 e. The summed E-state index contributed by atoms with van der Waals surface area (Å²) in [5.74, 6) is 0.0383. The highest BCUT2D eigenvalue weighted by atomic mass is 35.5. The molecular formula is C28H35Cl2N4O2. The van der Waals surface area contributed by atoms with E-state index in [9.17, 15) is 9.59 Å². The standard InChI is InChI=1S/C28H35Cl2N4O2/c1-21(23-8-9-25(29)26(30)18-23)10-15-32-16-11-24(12-17-32)34-14-5-13-33(28(34)36)20-27(35)31-19-22-6-3-2-4-7-22/h2-4,6-9,18,21,24H,1,5,10-17,19-20H2,(H,31,35). The van der Waals surface area contributed by atoms with Crippen LogP contribution in [0.15, 0.2) is 48.5 Å². The Balaban J connectivity index is 1.20. The number of rotatable bonds is 9. The number of hydrogen-bond donors (Lipinski definition) is 1. The molecule has 2 heterocycles. The van der Waals surface area contributed by atoms with Gasteiger partial charge in [-0.05, 0) is 68.3 Å². The lowest BCUT2D eigenvalue weighted by Crippen LogP contribution is -2.57. The van der Waals surface area contributed by atoms with Crippen molar-refractivity contribution in [2.45, 2.75) is 44.2 Å². The maximum Gasteiger partial charge on any atom is 0.320 e. The van der Waals surface area contributed by atoms with Crippen molar-refractivity contribution in [1.29, 1.82) is 0 Å². The Bertz CT molecular complexity index is 1030. The molecule has 1 unspecified atom stereocenters. The fraction of sp³-hybridized carbons (Fsp3) is 0.464. The van der Waals surface area contributed by atoms with Gasteiger partial charge < -0.3 is 20.0 Å². The molecule has 1 radical (unpaired) electrons. The molecule has 3 amide bonds. The molecule has 6 nitrogen and oxygen atoms in total. The van der Waals surface area contributed by atoms with Gasteiger partial charge in [0.2, 0.25) is 5.91 Å². The van der Waals surface area contributed by atoms with E-state index in [1.54, 1.807) is 4.90 Å². The molecule has 0 aromatic heterocycles. The molecule has 0 bridgehead atoms. The molecule has 2 aliphatic rings. The van der Waals surface area contributed by atoms with Crippen molar-refractivity contribution >= 4 is 35.1 Å². The summed E-state index contributed by atoms with van der Waals surface area (Å²) in [6.45, 7) is 9.17. The number of carbonyl (C=O) groups is 2. The van der Waals surface area contributed by atoms with Crippen molar-refractivity contribution in [3.63, 3.8) is 0 Å². The smallest absolute Gasteiger partial charge is 0.320 e. The Labute approximate surface area is 224 Å². The second kappa shape index (κ2) is 12.8. The zero-order chi connectivity index (χ0) is 25.5. The Hall–Kier alpha value is -2.28. The van der Waals surface area contributed by atoms with Crippen molar-refractivity contribution in [1.82, 2.24) is 20.0 Å². The summed E-state index contributed by atoms with van der Waals surface area (Å²) >= 11 is 12.2. The number of amides is 3. The van der Waals surface area contributed by atoms with Crippen LogP contribution < -0.4 is 5.32 Å². The zero-order valence-electron chi connectivity index (χ0n) is 20.7. The van der Waals surface area contributed by atoms with Crippen LogP contribution in [0.4, 0.5) is 4.79 Å². The average Bonchev–Trinajstić information content (AvgIpc) is 2.90. The normalized spacial score (nSPS) is 18.4. The molecule has 36 heavy (non-hydrogen) atoms. The predicted molar refractivity (Wildman–Crippen MR) is 145 cm³/mol. The first-order chi connectivity index (χ1) is 17.4. The van der Waals surface area contributed by atoms with Crippen LogP contribution in [0, 0.1) is 6.92 Å². The van der Waals surface area contributed by atoms with Crippen LogP contribution in [0.5, 0.6) is 0 Å². The van der Waals surface area contributed by atoms with E-state index >= 15 is 0 Å². The molecule has 0 spiro atoms. The number of urea groups is 1. The first-order valence-electron chi connectivity index (χ1n) is 12.8. The monoisotopic (exact) mass is 529 g/mol. The molecule has 2 aliphatic heterocycles. The minimum atomic E-state index is -0.117. The summed E-state index contributed by atoms with van der Waals surface area (Å²) in [7, 11) is 0. The van der Waals surface area contributed by atoms with Gasteiger partial charge >= 0.3 is 6.03 Å². The predicted octanol–water partition coefficient (Wildman–Crippen LogP) is 5.21. The molecule has 1 N–H and O–H groups in total. The second-order valence-electron chi connectivity index (χ2n) is 9.75. The van der Waals surface area contributed by atoms with Crippen LogP contribution in [0.3, 0.4) is 0 Å². The Kier molecular flexibility index (Phi) is 9.52. The van der Waals surface area contributed by atoms with Gasteiger partial charge in [-0.25, -0.2) is 4.79 Å². The van der Waals surface area contributed by atoms with E-state index in [0.29, 0.717) is 23.1 Å². The van der Waals surface area contributed by atoms with E-state index in [1.165, 1.54) is 0 Å². The fourth-order valence-electron chi connectivity index (χ4n) is 5.04. The lowest BCUT2D eigenvalue weighted by molar-refractivity contribution is -0.122. The van der Waals surface area contributed by atoms with Crippen molar-refractivity contribution in [3.05, 3.63) is 76.6 Å². The molecule has 193 valence electrons. The Morgan fingerprint density at radius 2 is 1.78 bits per heavy atom. The molecular weight excluding hydrogens is 495 g/mol. The molecule has 2 saturated heterocycles. The molecule has 2 fully saturated rings. The summed E-state index contributed by atoms with van der Waals surface area (Å²) < 4.78 is 0. The molecule has 2 aromatic rings. The van der Waals surface area contributed by atoms with Gasteiger partial charge in [0, 0.05) is 38.8 Å². The highest BCUT2D eigenvalue weighted by Crippen LogP contribution is 2.28. The minimum absolute atomic E-state index is 0.00741. The van der Waals surface area contributed by atoms with Crippen LogP contribution in [-0.4, -0.2) is 71.9 Å². The number of hydrogen-bond acceptors (Lipinski definition) is 3. The first-order valence-corrected chi connectivity index (χ1v) is 13.5. The summed E-state index contributed by atoms with van der Waals surface area (Å²) in [6.07, 6.45) is 3.74. The third-order valence-corrected chi connectivity index (χ3v) is 7.96. The van der Waals surface area contributed by atoms with Crippen LogP contribution in [0.2, 0.25) is 10.0 Å². The number of benzene rings is 2. The highest BCUT2D eigenvalue weighted by molar-refractivity contribution is 6.42. The molecule has 0 saturated carbocycles. The van der Waals surface area contributed by atoms with E-state index in [0.717, 1.165) is 63.0 Å². The molecule has 4 rings (SSSR count). The zero-order valence-corrected chi connectivity index (χ0v) is 22.2. The van der Waals surface area contributed by atoms with E-state index < -0.39 is 0 Å². The van der Waals surface area contributed by atoms with Crippen molar-refractivity contribution < 1.29 is 9.59 Å². The summed E-state index contributed by atoms with van der Waals surface area (Å²) in [5, 5.41) is 4.06. The molecule has 8 heteroatoms. The topological polar surface area (TPSA) is 55.9 Å². The summed E-state index contributed by atoms with van der Waals surface area (Å²) in [4.78, 5) is 31.8. The quantitative estimate of drug-likeness (QED) is 0.485. The third-order valence-electron chi connectivity index (χ3n) is 7.22. The lowest BCUT2D eigenvalue weighted by Gasteiger charge is -2.43. The van der Waals surface area contributed by atoms with Crippen molar-refractivity contribution in [2.75, 3.05) is 39.3 Å². The number of piperidine rings is 1. The van der Waals surface area contributed by atoms with Gasteiger partial charge in [-0.15, -0.1) is 0 Å². The van der Waals surface area contributed by atoms with Gasteiger partial charge in [0.05, 0.1) is 10.0 Å². The third kappa shape index (κ3) is 7.15. The van der Waals surface area contributed by atoms with Crippen LogP contribution >= 0.6 is 23.2 Å². The van der Waals surface area contributed by atoms with Crippen LogP contribution in [-0.2, 0) is 11.3 Å². The second-order valence-corrected chi connectivity index (χ2v) is 10.6. The van der Waals surface area contributed by atoms with E-state index in [4.69, 9.17) is 23.2 Å². The number of likely N-dealkylation sites (tertiary alicyclic amines) is 1. The number of halogens is 2. The van der Waals surface area contributed by atoms with Gasteiger partial charge in [-0.1, -0.05) is 59.6 Å². The van der Waals surface area contributed by atoms with Crippen LogP contribution in [0.1, 0.15) is 42.7 Å². The van der Waals surface area contributed by atoms with E-state index in [1.807, 2.05) is 53.4 Å². The van der Waals surface area contributed by atoms with Gasteiger partial charge in [0.25, 0.3) is 0 Å². The molecule has 1 atom stereocenters. The van der Waals surface area contributed by atoms with Gasteiger partial charge in [0.1, 0.15) is 6.54 Å². The number of carbonyl (C=O) groups excluding carboxylic acids is 2. The number of nitrogens with one attached hydrogen (secondary N) is 1. The maximum atomic E-state index is 13.2. The summed E-state index contributed by atoms with van der Waals surface area (Å²) in [6, 6.07) is 15.8. The largest absolute Gasteiger partial charge is 0.350 e. The van der Waals surface area contributed by atoms with Crippen molar-refractivity contribution in [2.24, 2.45) is 0 Å².